The molecule has 0 radical (unpaired) electrons. The van der Waals surface area contributed by atoms with Crippen LogP contribution in [0.1, 0.15) is 39.7 Å². The lowest BCUT2D eigenvalue weighted by molar-refractivity contribution is -0.129. The fourth-order valence-corrected chi connectivity index (χ4v) is 1.68. The van der Waals surface area contributed by atoms with Crippen LogP contribution in [-0.2, 0) is 16.0 Å². The molecule has 0 aromatic heterocycles. The van der Waals surface area contributed by atoms with Crippen molar-refractivity contribution in [1.29, 1.82) is 0 Å². The molecule has 20 heavy (non-hydrogen) atoms. The minimum absolute atomic E-state index is 0.0770. The fraction of sp³-hybridized carbons (Fsp3) is 0.500. The van der Waals surface area contributed by atoms with Gasteiger partial charge in [-0.2, -0.15) is 0 Å². The Labute approximate surface area is 121 Å². The zero-order valence-electron chi connectivity index (χ0n) is 12.7. The Morgan fingerprint density at radius 1 is 1.15 bits per heavy atom. The lowest BCUT2D eigenvalue weighted by atomic mass is 9.89. The molecule has 0 fully saturated rings. The number of hydrogen-bond donors (Lipinski definition) is 2. The lowest BCUT2D eigenvalue weighted by Crippen LogP contribution is -2.37. The summed E-state index contributed by atoms with van der Waals surface area (Å²) in [6.45, 7) is 8.02. The van der Waals surface area contributed by atoms with Crippen molar-refractivity contribution in [1.82, 2.24) is 5.32 Å². The highest BCUT2D eigenvalue weighted by atomic mass is 16.2. The van der Waals surface area contributed by atoms with Crippen molar-refractivity contribution in [3.8, 4) is 0 Å². The second-order valence-corrected chi connectivity index (χ2v) is 5.62. The summed E-state index contributed by atoms with van der Waals surface area (Å²) >= 11 is 0. The second kappa shape index (κ2) is 7.08. The van der Waals surface area contributed by atoms with Gasteiger partial charge in [0.1, 0.15) is 0 Å². The van der Waals surface area contributed by atoms with Crippen LogP contribution in [0, 0.1) is 5.41 Å². The molecule has 0 aliphatic rings. The first kappa shape index (κ1) is 16.2. The molecule has 110 valence electrons. The number of benzene rings is 1. The normalized spacial score (nSPS) is 11.0. The highest BCUT2D eigenvalue weighted by molar-refractivity contribution is 5.88. The first-order chi connectivity index (χ1) is 9.35. The number of carbonyl (C=O) groups excluding carboxylic acids is 2. The molecule has 0 saturated heterocycles. The third-order valence-corrected chi connectivity index (χ3v) is 3.47. The van der Waals surface area contributed by atoms with Gasteiger partial charge in [0.25, 0.3) is 0 Å². The molecule has 0 aliphatic heterocycles. The predicted molar refractivity (Wildman–Crippen MR) is 81.5 cm³/mol. The van der Waals surface area contributed by atoms with E-state index in [9.17, 15) is 9.59 Å². The average molecular weight is 276 g/mol. The Morgan fingerprint density at radius 2 is 1.75 bits per heavy atom. The largest absolute Gasteiger partial charge is 0.355 e. The molecule has 0 unspecified atom stereocenters. The maximum Gasteiger partial charge on any atom is 0.225 e. The average Bonchev–Trinajstić information content (AvgIpc) is 2.40. The van der Waals surface area contributed by atoms with Gasteiger partial charge in [0.05, 0.1) is 0 Å². The maximum absolute atomic E-state index is 11.9. The van der Waals surface area contributed by atoms with Crippen LogP contribution in [0.15, 0.2) is 24.3 Å². The number of hydrogen-bond acceptors (Lipinski definition) is 2. The molecule has 0 bridgehead atoms. The van der Waals surface area contributed by atoms with Gasteiger partial charge in [0.2, 0.25) is 11.8 Å². The van der Waals surface area contributed by atoms with Crippen LogP contribution in [0.5, 0.6) is 0 Å². The fourth-order valence-electron chi connectivity index (χ4n) is 1.68. The molecule has 2 amide bonds. The van der Waals surface area contributed by atoms with Crippen molar-refractivity contribution < 1.29 is 9.59 Å². The van der Waals surface area contributed by atoms with Gasteiger partial charge >= 0.3 is 0 Å². The van der Waals surface area contributed by atoms with Crippen LogP contribution in [0.4, 0.5) is 5.69 Å². The van der Waals surface area contributed by atoms with E-state index in [1.807, 2.05) is 45.0 Å². The van der Waals surface area contributed by atoms with Crippen molar-refractivity contribution in [2.75, 3.05) is 11.9 Å². The Hall–Kier alpha value is -1.84. The van der Waals surface area contributed by atoms with Gasteiger partial charge in [-0.1, -0.05) is 32.9 Å². The second-order valence-electron chi connectivity index (χ2n) is 5.62. The van der Waals surface area contributed by atoms with Crippen molar-refractivity contribution in [2.45, 2.75) is 40.5 Å². The van der Waals surface area contributed by atoms with Crippen molar-refractivity contribution in [3.63, 3.8) is 0 Å². The number of amides is 2. The van der Waals surface area contributed by atoms with E-state index in [2.05, 4.69) is 10.6 Å². The summed E-state index contributed by atoms with van der Waals surface area (Å²) in [6, 6.07) is 7.66. The van der Waals surface area contributed by atoms with Crippen molar-refractivity contribution in [2.24, 2.45) is 5.41 Å². The third kappa shape index (κ3) is 5.03. The summed E-state index contributed by atoms with van der Waals surface area (Å²) < 4.78 is 0. The molecule has 0 heterocycles. The molecule has 1 rings (SSSR count). The van der Waals surface area contributed by atoms with Crippen LogP contribution in [-0.4, -0.2) is 18.4 Å². The highest BCUT2D eigenvalue weighted by Crippen LogP contribution is 2.19. The van der Waals surface area contributed by atoms with Crippen LogP contribution in [0.2, 0.25) is 0 Å². The zero-order chi connectivity index (χ0) is 15.2. The topological polar surface area (TPSA) is 58.2 Å². The van der Waals surface area contributed by atoms with Crippen LogP contribution in [0.25, 0.3) is 0 Å². The number of carbonyl (C=O) groups is 2. The smallest absolute Gasteiger partial charge is 0.225 e. The molecule has 0 spiro atoms. The van der Waals surface area contributed by atoms with E-state index < -0.39 is 0 Å². The standard InChI is InChI=1S/C16H24N2O2/c1-5-16(3,4)15(20)17-11-10-13-6-8-14(9-7-13)18-12(2)19/h6-9H,5,10-11H2,1-4H3,(H,17,20)(H,18,19). The maximum atomic E-state index is 11.9. The number of anilines is 1. The van der Waals surface area contributed by atoms with E-state index in [4.69, 9.17) is 0 Å². The zero-order valence-corrected chi connectivity index (χ0v) is 12.7. The minimum Gasteiger partial charge on any atom is -0.355 e. The van der Waals surface area contributed by atoms with Gasteiger partial charge in [-0.15, -0.1) is 0 Å². The summed E-state index contributed by atoms with van der Waals surface area (Å²) in [7, 11) is 0. The number of rotatable bonds is 6. The molecule has 2 N–H and O–H groups in total. The van der Waals surface area contributed by atoms with Gasteiger partial charge in [-0.05, 0) is 30.5 Å². The Kier molecular flexibility index (Phi) is 5.74. The predicted octanol–water partition coefficient (Wildman–Crippen LogP) is 2.74. The van der Waals surface area contributed by atoms with Crippen LogP contribution in [0.3, 0.4) is 0 Å². The first-order valence-electron chi connectivity index (χ1n) is 7.00. The molecule has 4 heteroatoms. The van der Waals surface area contributed by atoms with Gasteiger partial charge in [0, 0.05) is 24.6 Å². The van der Waals surface area contributed by atoms with Crippen LogP contribution >= 0.6 is 0 Å². The molecular weight excluding hydrogens is 252 g/mol. The van der Waals surface area contributed by atoms with Crippen molar-refractivity contribution >= 4 is 17.5 Å². The molecule has 4 nitrogen and oxygen atoms in total. The molecule has 1 aromatic carbocycles. The highest BCUT2D eigenvalue weighted by Gasteiger charge is 2.24. The van der Waals surface area contributed by atoms with E-state index in [0.29, 0.717) is 6.54 Å². The van der Waals surface area contributed by atoms with Gasteiger partial charge in [0.15, 0.2) is 0 Å². The summed E-state index contributed by atoms with van der Waals surface area (Å²) in [6.07, 6.45) is 1.61. The molecule has 1 aromatic rings. The Balaban J connectivity index is 2.43. The van der Waals surface area contributed by atoms with E-state index in [-0.39, 0.29) is 17.2 Å². The quantitative estimate of drug-likeness (QED) is 0.839. The Morgan fingerprint density at radius 3 is 2.25 bits per heavy atom. The van der Waals surface area contributed by atoms with E-state index in [0.717, 1.165) is 24.1 Å². The monoisotopic (exact) mass is 276 g/mol. The number of nitrogens with one attached hydrogen (secondary N) is 2. The molecular formula is C16H24N2O2. The Bertz CT molecular complexity index is 464. The van der Waals surface area contributed by atoms with Gasteiger partial charge < -0.3 is 10.6 Å². The summed E-state index contributed by atoms with van der Waals surface area (Å²) in [5.41, 5.74) is 1.61. The van der Waals surface area contributed by atoms with Crippen molar-refractivity contribution in [3.05, 3.63) is 29.8 Å². The first-order valence-corrected chi connectivity index (χ1v) is 7.00. The molecule has 0 atom stereocenters. The molecule has 0 saturated carbocycles. The molecule has 0 aliphatic carbocycles. The summed E-state index contributed by atoms with van der Waals surface area (Å²) in [5.74, 6) is 0.0154. The third-order valence-electron chi connectivity index (χ3n) is 3.47. The SMILES string of the molecule is CCC(C)(C)C(=O)NCCc1ccc(NC(C)=O)cc1. The summed E-state index contributed by atoms with van der Waals surface area (Å²) in [5, 5.41) is 5.69. The minimum atomic E-state index is -0.310. The lowest BCUT2D eigenvalue weighted by Gasteiger charge is -2.21. The van der Waals surface area contributed by atoms with E-state index in [1.165, 1.54) is 6.92 Å². The van der Waals surface area contributed by atoms with Gasteiger partial charge in [-0.25, -0.2) is 0 Å². The van der Waals surface area contributed by atoms with Crippen LogP contribution < -0.4 is 10.6 Å². The van der Waals surface area contributed by atoms with E-state index >= 15 is 0 Å². The summed E-state index contributed by atoms with van der Waals surface area (Å²) in [4.78, 5) is 22.8. The van der Waals surface area contributed by atoms with E-state index in [1.54, 1.807) is 0 Å². The van der Waals surface area contributed by atoms with Gasteiger partial charge in [-0.3, -0.25) is 9.59 Å².